The second-order valence-electron chi connectivity index (χ2n) is 30.6. The summed E-state index contributed by atoms with van der Waals surface area (Å²) in [6.45, 7) is 46.3. The molecule has 0 bridgehead atoms. The van der Waals surface area contributed by atoms with E-state index in [1.165, 1.54) is 14.2 Å². The highest BCUT2D eigenvalue weighted by molar-refractivity contribution is 5.94. The molecule has 122 heavy (non-hydrogen) atoms. The fraction of sp³-hybridized carbons (Fsp3) is 0.747. The van der Waals surface area contributed by atoms with Crippen LogP contribution in [-0.4, -0.2) is 260 Å². The molecule has 0 aliphatic carbocycles. The second kappa shape index (κ2) is 72.5. The Labute approximate surface area is 721 Å². The smallest absolute Gasteiger partial charge is 0.333 e. The van der Waals surface area contributed by atoms with E-state index in [9.17, 15) is 71.9 Å². The molecule has 0 saturated carbocycles. The minimum Gasteiger partial charge on any atom is -0.469 e. The predicted molar refractivity (Wildman–Crippen MR) is 452 cm³/mol. The van der Waals surface area contributed by atoms with Crippen LogP contribution >= 0.6 is 0 Å². The molecule has 0 aromatic rings. The topological polar surface area (TPSA) is 567 Å². The van der Waals surface area contributed by atoms with E-state index >= 15 is 0 Å². The fourth-order valence-corrected chi connectivity index (χ4v) is 9.33. The van der Waals surface area contributed by atoms with Crippen molar-refractivity contribution in [2.75, 3.05) is 166 Å². The highest BCUT2D eigenvalue weighted by atomic mass is 16.6. The third kappa shape index (κ3) is 64.8. The van der Waals surface area contributed by atoms with E-state index in [1.807, 2.05) is 33.1 Å². The van der Waals surface area contributed by atoms with Crippen LogP contribution in [0.2, 0.25) is 0 Å². The molecule has 0 fully saturated rings. The van der Waals surface area contributed by atoms with Gasteiger partial charge in [-0.3, -0.25) is 79.4 Å². The third-order valence-electron chi connectivity index (χ3n) is 18.0. The Morgan fingerprint density at radius 2 is 0.574 bits per heavy atom. The maximum Gasteiger partial charge on any atom is 0.333 e. The normalized spacial score (nSPS) is 11.8. The molecule has 0 aromatic heterocycles. The minimum absolute atomic E-state index is 0. The highest BCUT2D eigenvalue weighted by Gasteiger charge is 2.44. The third-order valence-corrected chi connectivity index (χ3v) is 18.0. The Morgan fingerprint density at radius 3 is 0.836 bits per heavy atom. The number of nitrogens with one attached hydrogen (secondary N) is 6. The van der Waals surface area contributed by atoms with Gasteiger partial charge < -0.3 is 98.4 Å². The molecule has 14 N–H and O–H groups in total. The van der Waals surface area contributed by atoms with E-state index in [4.69, 9.17) is 53.2 Å². The molecule has 0 aliphatic rings. The van der Waals surface area contributed by atoms with Gasteiger partial charge in [0, 0.05) is 93.4 Å². The van der Waals surface area contributed by atoms with Crippen LogP contribution in [0.25, 0.3) is 0 Å². The van der Waals surface area contributed by atoms with Crippen LogP contribution in [0, 0.1) is 32.5 Å². The highest BCUT2D eigenvalue weighted by Crippen LogP contribution is 2.39. The first-order valence-electron chi connectivity index (χ1n) is 40.5. The number of hydrazine groups is 2. The van der Waals surface area contributed by atoms with Crippen molar-refractivity contribution in [3.05, 3.63) is 36.5 Å². The first-order chi connectivity index (χ1) is 56.7. The van der Waals surface area contributed by atoms with Crippen LogP contribution in [0.15, 0.2) is 36.5 Å². The van der Waals surface area contributed by atoms with Gasteiger partial charge in [0.15, 0.2) is 5.78 Å². The molecule has 0 aromatic carbocycles. The first-order valence-corrected chi connectivity index (χ1v) is 40.5. The van der Waals surface area contributed by atoms with Gasteiger partial charge in [0.1, 0.15) is 39.6 Å². The molecule has 0 radical (unpaired) electrons. The van der Waals surface area contributed by atoms with Crippen LogP contribution in [0.3, 0.4) is 0 Å². The van der Waals surface area contributed by atoms with Crippen molar-refractivity contribution in [3.8, 4) is 0 Å². The number of esters is 8. The minimum atomic E-state index is -0.889. The number of amides is 6. The zero-order chi connectivity index (χ0) is 93.7. The molecule has 0 heterocycles. The Hall–Kier alpha value is -8.93. The molecule has 708 valence electrons. The van der Waals surface area contributed by atoms with E-state index in [1.54, 1.807) is 90.0 Å². The van der Waals surface area contributed by atoms with Crippen LogP contribution in [0.5, 0.6) is 0 Å². The summed E-state index contributed by atoms with van der Waals surface area (Å²) >= 11 is 0. The van der Waals surface area contributed by atoms with Crippen LogP contribution in [0.1, 0.15) is 208 Å². The van der Waals surface area contributed by atoms with E-state index in [2.05, 4.69) is 77.0 Å². The van der Waals surface area contributed by atoms with Gasteiger partial charge in [-0.1, -0.05) is 75.1 Å². The first kappa shape index (κ1) is 124. The lowest BCUT2D eigenvalue weighted by Gasteiger charge is -2.34. The quantitative estimate of drug-likeness (QED) is 0.00784. The zero-order valence-electron chi connectivity index (χ0n) is 76.4. The number of carbonyl (C=O) groups excluding carboxylic acids is 15. The number of hydrogen-bond donors (Lipinski definition) is 9. The van der Waals surface area contributed by atoms with Gasteiger partial charge in [0.25, 0.3) is 0 Å². The van der Waals surface area contributed by atoms with Crippen molar-refractivity contribution >= 4 is 89.0 Å². The Bertz CT molecular complexity index is 2960. The largest absolute Gasteiger partial charge is 0.469 e. The molecule has 2 unspecified atom stereocenters. The van der Waals surface area contributed by atoms with Crippen molar-refractivity contribution in [2.45, 2.75) is 208 Å². The lowest BCUT2D eigenvalue weighted by atomic mass is 9.72. The van der Waals surface area contributed by atoms with Crippen LogP contribution in [-0.2, 0) is 138 Å². The number of hydrogen-bond acceptors (Lipinski definition) is 32. The van der Waals surface area contributed by atoms with Gasteiger partial charge in [-0.15, -0.1) is 0 Å². The number of carbonyl (C=O) groups is 15. The predicted octanol–water partition coefficient (Wildman–Crippen LogP) is 4.17. The molecule has 39 heteroatoms. The van der Waals surface area contributed by atoms with E-state index < -0.39 is 74.2 Å². The average molecular weight is 1760 g/mol. The zero-order valence-corrected chi connectivity index (χ0v) is 76.4. The molecule has 0 aliphatic heterocycles. The molecule has 0 rings (SSSR count). The van der Waals surface area contributed by atoms with Gasteiger partial charge in [0.2, 0.25) is 35.4 Å². The van der Waals surface area contributed by atoms with Gasteiger partial charge in [-0.2, -0.15) is 0 Å². The summed E-state index contributed by atoms with van der Waals surface area (Å²) in [5.41, 5.74) is -1.48. The second-order valence-corrected chi connectivity index (χ2v) is 30.6. The van der Waals surface area contributed by atoms with Crippen LogP contribution in [0.4, 0.5) is 0 Å². The van der Waals surface area contributed by atoms with Gasteiger partial charge in [0.05, 0.1) is 121 Å². The summed E-state index contributed by atoms with van der Waals surface area (Å²) in [6.07, 6.45) is 4.26. The Balaban J connectivity index is -0.000000388. The summed E-state index contributed by atoms with van der Waals surface area (Å²) in [5.74, 6) is 8.11. The molecular weight excluding hydrogens is 1600 g/mol. The van der Waals surface area contributed by atoms with Crippen molar-refractivity contribution in [1.29, 1.82) is 0 Å². The van der Waals surface area contributed by atoms with Gasteiger partial charge >= 0.3 is 47.8 Å². The SMILES string of the molecule is C=C(C)C(=O)CCCOCCOCCNC(=O)CCC(=O)OC.C=C(C)C(=O)OCCOC(=O)C(=C)C.CCC(C)(C)C(=O)OCCOC(=O)C(C)(CC)CC(C)(C)C(=O)NCCOCCOCCNC(=O)CCC(=O)NN.CCC(C)(C)C(=O)OCCOC(=O)C(C)(CC)CC(C)(C)C(=O)NCCOCCOCCNC(=O)CCC(=O)OC.NN.O. The summed E-state index contributed by atoms with van der Waals surface area (Å²) in [5, 5.41) is 13.6. The fourth-order valence-electron chi connectivity index (χ4n) is 9.33. The standard InChI is InChI=1S/C29H52N2O10.C28H52N4O9.C16H27NO6.C10H14O4.H4N2.H2O/c1-9-27(3,4)25(35)40-19-20-41-26(36)29(7,10-2)21-28(5,6)24(34)31-14-16-39-18-17-38-15-13-30-22(32)11-12-23(33)37-8;1-8-26(3,4)24(36)40-18-19-41-25(37)28(7,9-2)20-27(5,6)23(35)31-13-15-39-17-16-38-14-12-30-21(33)10-11-22(34)32-29;1-13(2)14(18)5-4-9-22-11-12-23-10-8-17-15(19)6-7-16(20)21-3;1-7(2)9(11)13-5-6-14-10(12)8(3)4;1-2;/h9-21H2,1-8H3,(H,30,32)(H,31,34);8-20,29H2,1-7H3,(H,30,33)(H,31,35)(H,32,34);1,4-12H2,2-3H3,(H,17,19);1,3,5-6H2,2,4H3;1-2H2;1H2. The number of ketones is 1. The lowest BCUT2D eigenvalue weighted by molar-refractivity contribution is -0.165. The maximum atomic E-state index is 12.9. The van der Waals surface area contributed by atoms with E-state index in [0.717, 1.165) is 0 Å². The van der Waals surface area contributed by atoms with Gasteiger partial charge in [-0.25, -0.2) is 15.4 Å². The number of methoxy groups -OCH3 is 2. The van der Waals surface area contributed by atoms with E-state index in [0.29, 0.717) is 154 Å². The summed E-state index contributed by atoms with van der Waals surface area (Å²) in [7, 11) is 2.56. The van der Waals surface area contributed by atoms with Crippen LogP contribution < -0.4 is 49.5 Å². The van der Waals surface area contributed by atoms with Gasteiger partial charge in [-0.05, 0) is 113 Å². The van der Waals surface area contributed by atoms with Crippen molar-refractivity contribution < 1.29 is 144 Å². The molecular formula is C83H151N9O30. The summed E-state index contributed by atoms with van der Waals surface area (Å²) < 4.78 is 71.9. The Morgan fingerprint density at radius 1 is 0.311 bits per heavy atom. The number of allylic oxidation sites excluding steroid dienone is 1. The van der Waals surface area contributed by atoms with Crippen molar-refractivity contribution in [2.24, 2.45) is 50.0 Å². The Kier molecular flexibility index (Phi) is 73.6. The van der Waals surface area contributed by atoms with Crippen molar-refractivity contribution in [3.63, 3.8) is 0 Å². The van der Waals surface area contributed by atoms with Crippen molar-refractivity contribution in [1.82, 2.24) is 32.0 Å². The molecule has 6 amide bonds. The molecule has 2 atom stereocenters. The molecule has 0 spiro atoms. The number of ether oxygens (including phenoxy) is 14. The average Bonchev–Trinajstić information content (AvgIpc) is 0.820. The number of nitrogens with two attached hydrogens (primary N) is 3. The maximum absolute atomic E-state index is 12.9. The summed E-state index contributed by atoms with van der Waals surface area (Å²) in [6, 6.07) is 0. The number of rotatable bonds is 63. The number of Topliss-reactive ketones (excluding diaryl/α,β-unsaturated/α-hetero) is 1. The van der Waals surface area contributed by atoms with E-state index in [-0.39, 0.29) is 157 Å². The lowest BCUT2D eigenvalue weighted by Crippen LogP contribution is -2.44. The monoisotopic (exact) mass is 1750 g/mol. The molecule has 0 saturated heterocycles. The summed E-state index contributed by atoms with van der Waals surface area (Å²) in [4.78, 5) is 176. The molecule has 39 nitrogen and oxygen atoms in total.